The number of fused-ring (bicyclic) bond motifs is 4. The number of benzene rings is 1. The van der Waals surface area contributed by atoms with Gasteiger partial charge < -0.3 is 19.7 Å². The van der Waals surface area contributed by atoms with Gasteiger partial charge in [-0.15, -0.1) is 11.3 Å². The summed E-state index contributed by atoms with van der Waals surface area (Å²) in [5, 5.41) is 9.00. The highest BCUT2D eigenvalue weighted by molar-refractivity contribution is 7.19. The van der Waals surface area contributed by atoms with Crippen LogP contribution in [0.5, 0.6) is 11.5 Å². The standard InChI is InChI=1S/C29H27ClN8O3S/c30-22-14-19(3-5-23(22)41-20-4-6-25-31-18-34-38(25)15-20)35-28-27-21-7-9-37(16-24(21)42-29(27)33-17-32-28)26(39)2-1-8-36-10-12-40-13-11-36/h1-6,14-15,17-18H,7-13,16H2,(H,32,33,35)/b2-1+. The first-order valence-corrected chi connectivity index (χ1v) is 14.8. The molecule has 1 fully saturated rings. The van der Waals surface area contributed by atoms with E-state index >= 15 is 0 Å². The number of pyridine rings is 1. The molecule has 1 aromatic carbocycles. The Morgan fingerprint density at radius 1 is 1.12 bits per heavy atom. The highest BCUT2D eigenvalue weighted by Crippen LogP contribution is 2.39. The van der Waals surface area contributed by atoms with Crippen molar-refractivity contribution < 1.29 is 14.3 Å². The van der Waals surface area contributed by atoms with E-state index in [9.17, 15) is 4.79 Å². The van der Waals surface area contributed by atoms with Crippen LogP contribution in [0.3, 0.4) is 0 Å². The van der Waals surface area contributed by atoms with Crippen molar-refractivity contribution in [2.75, 3.05) is 44.7 Å². The number of anilines is 2. The Bertz CT molecular complexity index is 1800. The Balaban J connectivity index is 1.05. The van der Waals surface area contributed by atoms with E-state index in [2.05, 4.69) is 30.3 Å². The number of morpholine rings is 1. The van der Waals surface area contributed by atoms with Gasteiger partial charge in [0, 0.05) is 42.8 Å². The molecule has 2 aliphatic heterocycles. The van der Waals surface area contributed by atoms with Crippen LogP contribution in [0.2, 0.25) is 5.02 Å². The lowest BCUT2D eigenvalue weighted by atomic mass is 10.0. The van der Waals surface area contributed by atoms with Gasteiger partial charge in [-0.2, -0.15) is 5.10 Å². The average molecular weight is 603 g/mol. The summed E-state index contributed by atoms with van der Waals surface area (Å²) in [5.74, 6) is 1.86. The molecule has 0 aliphatic carbocycles. The van der Waals surface area contributed by atoms with E-state index in [4.69, 9.17) is 21.1 Å². The Kier molecular flexibility index (Phi) is 7.43. The van der Waals surface area contributed by atoms with E-state index in [1.807, 2.05) is 35.2 Å². The van der Waals surface area contributed by atoms with Crippen molar-refractivity contribution in [2.45, 2.75) is 13.0 Å². The number of halogens is 1. The minimum atomic E-state index is 0.0361. The monoisotopic (exact) mass is 602 g/mol. The van der Waals surface area contributed by atoms with Gasteiger partial charge in [0.1, 0.15) is 34.8 Å². The highest BCUT2D eigenvalue weighted by Gasteiger charge is 2.25. The largest absolute Gasteiger partial charge is 0.454 e. The van der Waals surface area contributed by atoms with Crippen LogP contribution in [0.25, 0.3) is 15.9 Å². The molecule has 1 N–H and O–H groups in total. The number of aromatic nitrogens is 5. The lowest BCUT2D eigenvalue weighted by Gasteiger charge is -2.27. The van der Waals surface area contributed by atoms with Crippen LogP contribution in [0.1, 0.15) is 10.4 Å². The fourth-order valence-corrected chi connectivity index (χ4v) is 6.61. The number of carbonyl (C=O) groups excluding carboxylic acids is 1. The quantitative estimate of drug-likeness (QED) is 0.265. The SMILES string of the molecule is O=C(/C=C/CN1CCOCC1)N1CCc2c(sc3ncnc(Nc4ccc(Oc5ccc6ncnn6c5)c(Cl)c4)c23)C1. The topological polar surface area (TPSA) is 110 Å². The van der Waals surface area contributed by atoms with Crippen molar-refractivity contribution in [3.63, 3.8) is 0 Å². The molecule has 42 heavy (non-hydrogen) atoms. The molecule has 1 saturated heterocycles. The number of nitrogens with zero attached hydrogens (tertiary/aromatic N) is 7. The van der Waals surface area contributed by atoms with E-state index in [0.29, 0.717) is 35.4 Å². The fourth-order valence-electron chi connectivity index (χ4n) is 5.19. The van der Waals surface area contributed by atoms with Crippen LogP contribution < -0.4 is 10.1 Å². The number of thiophene rings is 1. The smallest absolute Gasteiger partial charge is 0.246 e. The Hall–Kier alpha value is -4.10. The van der Waals surface area contributed by atoms with Crippen LogP contribution in [0.15, 0.2) is 61.3 Å². The minimum Gasteiger partial charge on any atom is -0.454 e. The molecular formula is C29H27ClN8O3S. The van der Waals surface area contributed by atoms with Gasteiger partial charge in [-0.3, -0.25) is 9.69 Å². The molecule has 0 spiro atoms. The van der Waals surface area contributed by atoms with Gasteiger partial charge in [0.25, 0.3) is 0 Å². The molecule has 2 aliphatic rings. The molecule has 214 valence electrons. The van der Waals surface area contributed by atoms with Crippen molar-refractivity contribution in [3.8, 4) is 11.5 Å². The molecule has 0 radical (unpaired) electrons. The number of rotatable bonds is 7. The number of nitrogens with one attached hydrogen (secondary N) is 1. The lowest BCUT2D eigenvalue weighted by Crippen LogP contribution is -2.37. The van der Waals surface area contributed by atoms with Crippen molar-refractivity contribution in [1.82, 2.24) is 34.4 Å². The van der Waals surface area contributed by atoms with Crippen LogP contribution in [-0.4, -0.2) is 79.7 Å². The van der Waals surface area contributed by atoms with E-state index in [1.165, 1.54) is 11.9 Å². The summed E-state index contributed by atoms with van der Waals surface area (Å²) in [6.45, 7) is 5.26. The molecule has 0 bridgehead atoms. The lowest BCUT2D eigenvalue weighted by molar-refractivity contribution is -0.126. The first-order valence-electron chi connectivity index (χ1n) is 13.7. The fraction of sp³-hybridized carbons (Fsp3) is 0.276. The van der Waals surface area contributed by atoms with E-state index < -0.39 is 0 Å². The van der Waals surface area contributed by atoms with Crippen molar-refractivity contribution in [3.05, 3.63) is 76.8 Å². The Morgan fingerprint density at radius 2 is 2.02 bits per heavy atom. The normalized spacial score (nSPS) is 15.9. The second kappa shape index (κ2) is 11.6. The minimum absolute atomic E-state index is 0.0361. The van der Waals surface area contributed by atoms with Crippen LogP contribution >= 0.6 is 22.9 Å². The molecule has 0 atom stereocenters. The molecule has 13 heteroatoms. The van der Waals surface area contributed by atoms with Crippen LogP contribution in [0.4, 0.5) is 11.5 Å². The first kappa shape index (κ1) is 26.8. The highest BCUT2D eigenvalue weighted by atomic mass is 35.5. The molecule has 11 nitrogen and oxygen atoms in total. The third-order valence-corrected chi connectivity index (χ3v) is 8.77. The summed E-state index contributed by atoms with van der Waals surface area (Å²) < 4.78 is 13.0. The number of ether oxygens (including phenoxy) is 2. The van der Waals surface area contributed by atoms with Gasteiger partial charge in [0.05, 0.1) is 36.4 Å². The van der Waals surface area contributed by atoms with Gasteiger partial charge in [0.2, 0.25) is 5.91 Å². The van der Waals surface area contributed by atoms with E-state index in [-0.39, 0.29) is 5.91 Å². The van der Waals surface area contributed by atoms with Crippen molar-refractivity contribution in [2.24, 2.45) is 0 Å². The summed E-state index contributed by atoms with van der Waals surface area (Å²) in [6, 6.07) is 9.16. The maximum absolute atomic E-state index is 12.9. The van der Waals surface area contributed by atoms with Gasteiger partial charge in [0.15, 0.2) is 5.65 Å². The zero-order valence-corrected chi connectivity index (χ0v) is 24.1. The number of hydrogen-bond donors (Lipinski definition) is 1. The molecule has 0 unspecified atom stereocenters. The van der Waals surface area contributed by atoms with Gasteiger partial charge in [-0.05, 0) is 42.3 Å². The molecule has 4 aromatic heterocycles. The number of amides is 1. The number of hydrogen-bond acceptors (Lipinski definition) is 10. The zero-order valence-electron chi connectivity index (χ0n) is 22.6. The third-order valence-electron chi connectivity index (χ3n) is 7.35. The second-order valence-electron chi connectivity index (χ2n) is 10.0. The van der Waals surface area contributed by atoms with Crippen molar-refractivity contribution >= 4 is 56.2 Å². The first-order chi connectivity index (χ1) is 20.6. The maximum atomic E-state index is 12.9. The molecule has 5 aromatic rings. The van der Waals surface area contributed by atoms with Crippen LogP contribution in [-0.2, 0) is 22.5 Å². The van der Waals surface area contributed by atoms with E-state index in [0.717, 1.165) is 65.7 Å². The van der Waals surface area contributed by atoms with Gasteiger partial charge in [-0.1, -0.05) is 17.7 Å². The Labute approximate surface area is 250 Å². The summed E-state index contributed by atoms with van der Waals surface area (Å²) in [6.07, 6.45) is 9.19. The predicted molar refractivity (Wildman–Crippen MR) is 161 cm³/mol. The number of carbonyl (C=O) groups is 1. The molecule has 6 heterocycles. The van der Waals surface area contributed by atoms with Gasteiger partial charge in [-0.25, -0.2) is 19.5 Å². The van der Waals surface area contributed by atoms with Crippen LogP contribution in [0, 0.1) is 0 Å². The average Bonchev–Trinajstić information content (AvgIpc) is 3.63. The molecule has 0 saturated carbocycles. The Morgan fingerprint density at radius 3 is 2.90 bits per heavy atom. The summed E-state index contributed by atoms with van der Waals surface area (Å²) in [5.41, 5.74) is 2.70. The zero-order chi connectivity index (χ0) is 28.5. The van der Waals surface area contributed by atoms with Gasteiger partial charge >= 0.3 is 0 Å². The summed E-state index contributed by atoms with van der Waals surface area (Å²) in [7, 11) is 0. The van der Waals surface area contributed by atoms with Crippen molar-refractivity contribution in [1.29, 1.82) is 0 Å². The molecular weight excluding hydrogens is 576 g/mol. The third kappa shape index (κ3) is 5.53. The summed E-state index contributed by atoms with van der Waals surface area (Å²) >= 11 is 8.21. The molecule has 1 amide bonds. The summed E-state index contributed by atoms with van der Waals surface area (Å²) in [4.78, 5) is 32.4. The molecule has 7 rings (SSSR count). The second-order valence-corrected chi connectivity index (χ2v) is 11.5. The maximum Gasteiger partial charge on any atom is 0.246 e. The van der Waals surface area contributed by atoms with E-state index in [1.54, 1.807) is 40.5 Å². The predicted octanol–water partition coefficient (Wildman–Crippen LogP) is 4.70.